The first-order valence-electron chi connectivity index (χ1n) is 11.0. The molecule has 0 aliphatic carbocycles. The highest BCUT2D eigenvalue weighted by Crippen LogP contribution is 2.28. The number of carbonyl (C=O) groups is 4. The number of rotatable bonds is 7. The van der Waals surface area contributed by atoms with E-state index in [2.05, 4.69) is 5.32 Å². The van der Waals surface area contributed by atoms with Crippen molar-refractivity contribution >= 4 is 44.0 Å². The van der Waals surface area contributed by atoms with Gasteiger partial charge in [0.2, 0.25) is 11.8 Å². The van der Waals surface area contributed by atoms with Crippen molar-refractivity contribution in [2.24, 2.45) is 0 Å². The van der Waals surface area contributed by atoms with Gasteiger partial charge in [-0.1, -0.05) is 6.92 Å². The third kappa shape index (κ3) is 7.48. The topological polar surface area (TPSA) is 116 Å². The molecule has 10 nitrogen and oxygen atoms in total. The van der Waals surface area contributed by atoms with E-state index in [1.54, 1.807) is 24.0 Å². The summed E-state index contributed by atoms with van der Waals surface area (Å²) in [6, 6.07) is 4.58. The number of amides is 3. The molecule has 2 fully saturated rings. The molecule has 12 heteroatoms. The molecule has 0 radical (unpaired) electrons. The van der Waals surface area contributed by atoms with Crippen LogP contribution in [0, 0.1) is 5.82 Å². The van der Waals surface area contributed by atoms with Gasteiger partial charge in [-0.05, 0) is 25.1 Å². The van der Waals surface area contributed by atoms with Gasteiger partial charge in [0.05, 0.1) is 24.5 Å². The Hall–Kier alpha value is -3.07. The molecular formula is C22H32FN4O6P. The van der Waals surface area contributed by atoms with Crippen molar-refractivity contribution < 1.29 is 34.3 Å². The molecule has 0 bridgehead atoms. The summed E-state index contributed by atoms with van der Waals surface area (Å²) in [4.78, 5) is 49.1. The standard InChI is InChI=1S/C20H26FN4O5P.C2H4O.H2/c1-13(31-29)9-19(27)24-7-5-23(6-8-24)18-4-3-15(10-17(18)21)25-12-16(30-20(25)28)11-22-14(2)26;1-2-3;/h3-4,10,13,16H,5-9,11-12H2,1-2H3,(H,22,26);2H,1H3;1H/t13?,16-;;/m0../s1. The molecular weight excluding hydrogens is 466 g/mol. The van der Waals surface area contributed by atoms with Gasteiger partial charge < -0.3 is 24.6 Å². The number of aldehydes is 1. The summed E-state index contributed by atoms with van der Waals surface area (Å²) < 4.78 is 30.9. The molecule has 34 heavy (non-hydrogen) atoms. The predicted molar refractivity (Wildman–Crippen MR) is 127 cm³/mol. The molecule has 2 heterocycles. The fraction of sp³-hybridized carbons (Fsp3) is 0.545. The molecule has 2 aliphatic heterocycles. The van der Waals surface area contributed by atoms with Crippen LogP contribution in [0.25, 0.3) is 0 Å². The fourth-order valence-corrected chi connectivity index (χ4v) is 3.86. The van der Waals surface area contributed by atoms with Gasteiger partial charge in [0, 0.05) is 46.6 Å². The lowest BCUT2D eigenvalue weighted by molar-refractivity contribution is -0.131. The lowest BCUT2D eigenvalue weighted by atomic mass is 10.2. The minimum absolute atomic E-state index is 0. The number of cyclic esters (lactones) is 1. The second-order valence-corrected chi connectivity index (χ2v) is 9.04. The molecule has 1 N–H and O–H groups in total. The summed E-state index contributed by atoms with van der Waals surface area (Å²) in [6.45, 7) is 6.89. The molecule has 3 rings (SSSR count). The van der Waals surface area contributed by atoms with Crippen LogP contribution in [0.5, 0.6) is 0 Å². The Labute approximate surface area is 201 Å². The number of benzene rings is 1. The van der Waals surface area contributed by atoms with Crippen LogP contribution in [0.15, 0.2) is 18.2 Å². The third-order valence-electron chi connectivity index (χ3n) is 5.32. The van der Waals surface area contributed by atoms with Gasteiger partial charge in [-0.2, -0.15) is 0 Å². The van der Waals surface area contributed by atoms with Gasteiger partial charge in [-0.3, -0.25) is 19.1 Å². The van der Waals surface area contributed by atoms with Crippen LogP contribution in [-0.4, -0.2) is 80.1 Å². The van der Waals surface area contributed by atoms with E-state index in [0.717, 1.165) is 6.29 Å². The summed E-state index contributed by atoms with van der Waals surface area (Å²) in [5.41, 5.74) is 0.575. The highest BCUT2D eigenvalue weighted by atomic mass is 31.1. The van der Waals surface area contributed by atoms with E-state index in [4.69, 9.17) is 9.53 Å². The summed E-state index contributed by atoms with van der Waals surface area (Å²) in [7, 11) is -0.0442. The second kappa shape index (κ2) is 13.0. The number of halogens is 1. The Morgan fingerprint density at radius 2 is 1.97 bits per heavy atom. The molecule has 2 saturated heterocycles. The van der Waals surface area contributed by atoms with Gasteiger partial charge in [0.1, 0.15) is 18.2 Å². The molecule has 2 atom stereocenters. The number of hydrogen-bond donors (Lipinski definition) is 1. The minimum atomic E-state index is -0.582. The first kappa shape index (κ1) is 27.2. The average Bonchev–Trinajstić information content (AvgIpc) is 3.18. The third-order valence-corrected chi connectivity index (χ3v) is 5.86. The van der Waals surface area contributed by atoms with Crippen LogP contribution in [0.4, 0.5) is 20.6 Å². The zero-order chi connectivity index (χ0) is 25.3. The van der Waals surface area contributed by atoms with Crippen molar-refractivity contribution in [3.05, 3.63) is 24.0 Å². The van der Waals surface area contributed by atoms with Gasteiger partial charge in [-0.15, -0.1) is 0 Å². The summed E-state index contributed by atoms with van der Waals surface area (Å²) in [5, 5.41) is 2.60. The Balaban J connectivity index is 0.00000145. The van der Waals surface area contributed by atoms with Crippen molar-refractivity contribution in [1.82, 2.24) is 10.2 Å². The second-order valence-electron chi connectivity index (χ2n) is 7.95. The highest BCUT2D eigenvalue weighted by molar-refractivity contribution is 7.24. The first-order chi connectivity index (χ1) is 16.2. The minimum Gasteiger partial charge on any atom is -0.442 e. The number of anilines is 2. The predicted octanol–water partition coefficient (Wildman–Crippen LogP) is 2.46. The molecule has 2 aliphatic rings. The monoisotopic (exact) mass is 498 g/mol. The van der Waals surface area contributed by atoms with Crippen LogP contribution in [0.3, 0.4) is 0 Å². The van der Waals surface area contributed by atoms with Crippen LogP contribution in [0.2, 0.25) is 0 Å². The van der Waals surface area contributed by atoms with E-state index in [1.807, 2.05) is 4.90 Å². The van der Waals surface area contributed by atoms with Crippen molar-refractivity contribution in [3.8, 4) is 0 Å². The molecule has 188 valence electrons. The Kier molecular flexibility index (Phi) is 10.4. The van der Waals surface area contributed by atoms with E-state index >= 15 is 0 Å². The Morgan fingerprint density at radius 1 is 1.32 bits per heavy atom. The van der Waals surface area contributed by atoms with E-state index in [-0.39, 0.29) is 46.9 Å². The molecule has 1 unspecified atom stereocenters. The van der Waals surface area contributed by atoms with Gasteiger partial charge >= 0.3 is 6.09 Å². The molecule has 0 aromatic heterocycles. The van der Waals surface area contributed by atoms with E-state index in [0.29, 0.717) is 37.6 Å². The number of piperazine rings is 1. The van der Waals surface area contributed by atoms with Crippen LogP contribution in [-0.2, 0) is 23.7 Å². The molecule has 1 aromatic carbocycles. The summed E-state index contributed by atoms with van der Waals surface area (Å²) in [6.07, 6.45) is -0.0990. The van der Waals surface area contributed by atoms with Crippen molar-refractivity contribution in [2.75, 3.05) is 49.1 Å². The number of ether oxygens (including phenoxy) is 1. The summed E-state index contributed by atoms with van der Waals surface area (Å²) >= 11 is 0. The first-order valence-corrected chi connectivity index (χ1v) is 11.8. The molecule has 0 saturated carbocycles. The van der Waals surface area contributed by atoms with Crippen molar-refractivity contribution in [3.63, 3.8) is 0 Å². The maximum Gasteiger partial charge on any atom is 0.414 e. The maximum atomic E-state index is 14.8. The van der Waals surface area contributed by atoms with Gasteiger partial charge in [0.15, 0.2) is 8.46 Å². The smallest absolute Gasteiger partial charge is 0.414 e. The largest absolute Gasteiger partial charge is 0.442 e. The number of nitrogens with one attached hydrogen (secondary N) is 1. The highest BCUT2D eigenvalue weighted by Gasteiger charge is 2.33. The van der Waals surface area contributed by atoms with E-state index < -0.39 is 18.0 Å². The molecule has 0 spiro atoms. The van der Waals surface area contributed by atoms with Crippen molar-refractivity contribution in [2.45, 2.75) is 39.0 Å². The van der Waals surface area contributed by atoms with Gasteiger partial charge in [-0.25, -0.2) is 9.18 Å². The number of hydrogen-bond acceptors (Lipinski definition) is 7. The lowest BCUT2D eigenvalue weighted by Gasteiger charge is -2.36. The Morgan fingerprint density at radius 3 is 2.53 bits per heavy atom. The Bertz CT molecular complexity index is 916. The average molecular weight is 498 g/mol. The van der Waals surface area contributed by atoms with E-state index in [1.165, 1.54) is 24.8 Å². The SMILES string of the molecule is CC(=O)NC[C@H]1CN(c2ccc(N3CCN(C(=O)CC(C)P=O)CC3)c(F)c2)C(=O)O1.CC=O.[HH]. The van der Waals surface area contributed by atoms with E-state index in [9.17, 15) is 23.3 Å². The van der Waals surface area contributed by atoms with Gasteiger partial charge in [0.25, 0.3) is 0 Å². The quantitative estimate of drug-likeness (QED) is 0.453. The van der Waals surface area contributed by atoms with Crippen LogP contribution < -0.4 is 15.1 Å². The number of nitrogens with zero attached hydrogens (tertiary/aromatic N) is 3. The lowest BCUT2D eigenvalue weighted by Crippen LogP contribution is -2.49. The zero-order valence-corrected chi connectivity index (χ0v) is 20.4. The molecule has 3 amide bonds. The van der Waals surface area contributed by atoms with Crippen molar-refractivity contribution in [1.29, 1.82) is 0 Å². The zero-order valence-electron chi connectivity index (χ0n) is 19.5. The van der Waals surface area contributed by atoms with Crippen LogP contribution in [0.1, 0.15) is 28.6 Å². The summed E-state index contributed by atoms with van der Waals surface area (Å²) in [5.74, 6) is -0.729. The van der Waals surface area contributed by atoms with Crippen LogP contribution >= 0.6 is 8.46 Å². The molecule has 1 aromatic rings. The maximum absolute atomic E-state index is 14.8. The normalized spacial score (nSPS) is 18.6. The fourth-order valence-electron chi connectivity index (χ4n) is 3.63. The number of carbonyl (C=O) groups excluding carboxylic acids is 4.